The highest BCUT2D eigenvalue weighted by molar-refractivity contribution is 9.10. The van der Waals surface area contributed by atoms with Gasteiger partial charge in [-0.05, 0) is 44.9 Å². The molecule has 0 atom stereocenters. The molecule has 2 nitrogen and oxygen atoms in total. The lowest BCUT2D eigenvalue weighted by atomic mass is 10.0. The highest BCUT2D eigenvalue weighted by Crippen LogP contribution is 2.40. The van der Waals surface area contributed by atoms with E-state index in [9.17, 15) is 0 Å². The Morgan fingerprint density at radius 3 is 2.27 bits per heavy atom. The summed E-state index contributed by atoms with van der Waals surface area (Å²) in [5.41, 5.74) is 3.10. The number of hydrogen-bond donors (Lipinski definition) is 0. The van der Waals surface area contributed by atoms with Gasteiger partial charge in [-0.2, -0.15) is 0 Å². The first-order chi connectivity index (χ1) is 14.8. The molecule has 0 unspecified atom stereocenters. The van der Waals surface area contributed by atoms with Gasteiger partial charge in [-0.1, -0.05) is 72.8 Å². The van der Waals surface area contributed by atoms with E-state index in [0.717, 1.165) is 32.6 Å². The Kier molecular flexibility index (Phi) is 4.15. The standard InChI is InChI=1S/C26H15BrN2S/c27-24-15-21(19-12-6-14-23-25(19)20-10-3-4-13-22(20)30-23)28-26(29-24)18-11-5-8-16-7-1-2-9-17(16)18/h1-15H. The number of rotatable bonds is 2. The van der Waals surface area contributed by atoms with Crippen molar-refractivity contribution in [2.75, 3.05) is 0 Å². The quantitative estimate of drug-likeness (QED) is 0.241. The normalized spacial score (nSPS) is 11.5. The van der Waals surface area contributed by atoms with Crippen molar-refractivity contribution in [1.29, 1.82) is 0 Å². The van der Waals surface area contributed by atoms with Gasteiger partial charge in [0.2, 0.25) is 0 Å². The Bertz CT molecular complexity index is 1560. The van der Waals surface area contributed by atoms with E-state index in [2.05, 4.69) is 101 Å². The lowest BCUT2D eigenvalue weighted by Crippen LogP contribution is -1.94. The third-order valence-corrected chi connectivity index (χ3v) is 6.95. The molecule has 0 spiro atoms. The van der Waals surface area contributed by atoms with Gasteiger partial charge < -0.3 is 0 Å². The lowest BCUT2D eigenvalue weighted by Gasteiger charge is -2.09. The van der Waals surface area contributed by atoms with Gasteiger partial charge in [0.15, 0.2) is 5.82 Å². The SMILES string of the molecule is Brc1cc(-c2cccc3sc4ccccc4c23)nc(-c2cccc3ccccc23)n1. The van der Waals surface area contributed by atoms with Crippen LogP contribution >= 0.6 is 27.3 Å². The van der Waals surface area contributed by atoms with E-state index in [0.29, 0.717) is 0 Å². The summed E-state index contributed by atoms with van der Waals surface area (Å²) in [7, 11) is 0. The van der Waals surface area contributed by atoms with E-state index in [-0.39, 0.29) is 0 Å². The second kappa shape index (κ2) is 7.01. The molecule has 6 rings (SSSR count). The van der Waals surface area contributed by atoms with E-state index < -0.39 is 0 Å². The fraction of sp³-hybridized carbons (Fsp3) is 0. The summed E-state index contributed by atoms with van der Waals surface area (Å²) in [5.74, 6) is 0.729. The van der Waals surface area contributed by atoms with E-state index in [1.54, 1.807) is 0 Å². The maximum Gasteiger partial charge on any atom is 0.161 e. The molecule has 0 saturated heterocycles. The summed E-state index contributed by atoms with van der Waals surface area (Å²) in [6.45, 7) is 0. The minimum Gasteiger partial charge on any atom is -0.228 e. The largest absolute Gasteiger partial charge is 0.228 e. The van der Waals surface area contributed by atoms with Crippen LogP contribution in [0.4, 0.5) is 0 Å². The minimum absolute atomic E-state index is 0.729. The molecule has 0 aliphatic heterocycles. The van der Waals surface area contributed by atoms with Crippen molar-refractivity contribution in [2.24, 2.45) is 0 Å². The molecule has 30 heavy (non-hydrogen) atoms. The maximum atomic E-state index is 5.02. The zero-order valence-corrected chi connectivity index (χ0v) is 18.2. The van der Waals surface area contributed by atoms with E-state index in [1.807, 2.05) is 17.4 Å². The van der Waals surface area contributed by atoms with Crippen LogP contribution in [0.25, 0.3) is 53.6 Å². The van der Waals surface area contributed by atoms with Gasteiger partial charge in [0.05, 0.1) is 5.69 Å². The topological polar surface area (TPSA) is 25.8 Å². The Morgan fingerprint density at radius 2 is 1.33 bits per heavy atom. The molecule has 0 amide bonds. The summed E-state index contributed by atoms with van der Waals surface area (Å²) in [4.78, 5) is 9.74. The smallest absolute Gasteiger partial charge is 0.161 e. The molecule has 0 saturated carbocycles. The zero-order valence-electron chi connectivity index (χ0n) is 15.8. The predicted molar refractivity (Wildman–Crippen MR) is 131 cm³/mol. The number of halogens is 1. The molecule has 0 N–H and O–H groups in total. The average molecular weight is 467 g/mol. The number of benzene rings is 4. The molecular formula is C26H15BrN2S. The van der Waals surface area contributed by atoms with Crippen LogP contribution in [0.2, 0.25) is 0 Å². The van der Waals surface area contributed by atoms with Crippen molar-refractivity contribution in [3.63, 3.8) is 0 Å². The molecule has 0 aliphatic carbocycles. The van der Waals surface area contributed by atoms with Crippen molar-refractivity contribution in [3.8, 4) is 22.6 Å². The lowest BCUT2D eigenvalue weighted by molar-refractivity contribution is 1.16. The molecule has 0 radical (unpaired) electrons. The summed E-state index contributed by atoms with van der Waals surface area (Å²) >= 11 is 5.45. The van der Waals surface area contributed by atoms with Crippen LogP contribution in [0.15, 0.2) is 95.6 Å². The maximum absolute atomic E-state index is 5.02. The fourth-order valence-corrected chi connectivity index (χ4v) is 5.60. The number of aromatic nitrogens is 2. The van der Waals surface area contributed by atoms with Crippen LogP contribution in [0.3, 0.4) is 0 Å². The number of thiophene rings is 1. The molecule has 6 aromatic rings. The average Bonchev–Trinajstić information content (AvgIpc) is 3.17. The summed E-state index contributed by atoms with van der Waals surface area (Å²) in [6, 6.07) is 31.7. The van der Waals surface area contributed by atoms with Gasteiger partial charge in [0.1, 0.15) is 4.60 Å². The molecule has 0 aliphatic rings. The molecule has 2 heterocycles. The van der Waals surface area contributed by atoms with E-state index >= 15 is 0 Å². The first-order valence-corrected chi connectivity index (χ1v) is 11.3. The van der Waals surface area contributed by atoms with Crippen molar-refractivity contribution in [1.82, 2.24) is 9.97 Å². The summed E-state index contributed by atoms with van der Waals surface area (Å²) in [6.07, 6.45) is 0. The van der Waals surface area contributed by atoms with Crippen LogP contribution in [0.5, 0.6) is 0 Å². The van der Waals surface area contributed by atoms with Crippen LogP contribution < -0.4 is 0 Å². The summed E-state index contributed by atoms with van der Waals surface area (Å²) in [5, 5.41) is 4.87. The van der Waals surface area contributed by atoms with Crippen molar-refractivity contribution >= 4 is 58.2 Å². The molecule has 0 bridgehead atoms. The Hall–Kier alpha value is -3.08. The molecule has 142 valence electrons. The van der Waals surface area contributed by atoms with Crippen LogP contribution in [-0.4, -0.2) is 9.97 Å². The zero-order chi connectivity index (χ0) is 20.1. The number of hydrogen-bond acceptors (Lipinski definition) is 3. The molecular weight excluding hydrogens is 452 g/mol. The first-order valence-electron chi connectivity index (χ1n) is 9.71. The van der Waals surface area contributed by atoms with Crippen LogP contribution in [0, 0.1) is 0 Å². The predicted octanol–water partition coefficient (Wildman–Crippen LogP) is 8.09. The Labute approximate surface area is 186 Å². The van der Waals surface area contributed by atoms with E-state index in [4.69, 9.17) is 9.97 Å². The second-order valence-corrected chi connectivity index (χ2v) is 9.10. The van der Waals surface area contributed by atoms with Crippen LogP contribution in [0.1, 0.15) is 0 Å². The first kappa shape index (κ1) is 17.8. The number of fused-ring (bicyclic) bond motifs is 4. The molecule has 4 aromatic carbocycles. The summed E-state index contributed by atoms with van der Waals surface area (Å²) < 4.78 is 3.35. The van der Waals surface area contributed by atoms with E-state index in [1.165, 1.54) is 25.6 Å². The van der Waals surface area contributed by atoms with Gasteiger partial charge in [0, 0.05) is 31.3 Å². The molecule has 0 fully saturated rings. The monoisotopic (exact) mass is 466 g/mol. The highest BCUT2D eigenvalue weighted by atomic mass is 79.9. The van der Waals surface area contributed by atoms with Gasteiger partial charge >= 0.3 is 0 Å². The van der Waals surface area contributed by atoms with Crippen molar-refractivity contribution in [2.45, 2.75) is 0 Å². The third-order valence-electron chi connectivity index (χ3n) is 5.40. The molecule has 4 heteroatoms. The fourth-order valence-electron chi connectivity index (χ4n) is 4.08. The van der Waals surface area contributed by atoms with Gasteiger partial charge in [-0.25, -0.2) is 9.97 Å². The Morgan fingerprint density at radius 1 is 0.633 bits per heavy atom. The Balaban J connectivity index is 1.63. The minimum atomic E-state index is 0.729. The van der Waals surface area contributed by atoms with Gasteiger partial charge in [0.25, 0.3) is 0 Å². The van der Waals surface area contributed by atoms with Gasteiger partial charge in [-0.3, -0.25) is 0 Å². The van der Waals surface area contributed by atoms with Crippen LogP contribution in [-0.2, 0) is 0 Å². The second-order valence-electron chi connectivity index (χ2n) is 7.20. The number of nitrogens with zero attached hydrogens (tertiary/aromatic N) is 2. The third kappa shape index (κ3) is 2.83. The van der Waals surface area contributed by atoms with Crippen molar-refractivity contribution in [3.05, 3.63) is 95.6 Å². The molecule has 2 aromatic heterocycles. The van der Waals surface area contributed by atoms with Gasteiger partial charge in [-0.15, -0.1) is 11.3 Å². The van der Waals surface area contributed by atoms with Crippen molar-refractivity contribution < 1.29 is 0 Å². The highest BCUT2D eigenvalue weighted by Gasteiger charge is 2.15.